The summed E-state index contributed by atoms with van der Waals surface area (Å²) < 4.78 is 1.82. The molecule has 4 heteroatoms. The van der Waals surface area contributed by atoms with E-state index in [1.165, 1.54) is 0 Å². The number of aromatic hydroxyl groups is 1. The summed E-state index contributed by atoms with van der Waals surface area (Å²) in [6.07, 6.45) is 5.41. The highest BCUT2D eigenvalue weighted by molar-refractivity contribution is 5.67. The lowest BCUT2D eigenvalue weighted by Gasteiger charge is -1.98. The van der Waals surface area contributed by atoms with E-state index in [9.17, 15) is 5.11 Å². The zero-order chi connectivity index (χ0) is 11.0. The molecule has 2 heterocycles. The Bertz CT molecular complexity index is 612. The molecule has 2 aromatic heterocycles. The number of phenols is 1. The first-order valence-electron chi connectivity index (χ1n) is 4.93. The zero-order valence-corrected chi connectivity index (χ0v) is 8.41. The molecule has 0 radical (unpaired) electrons. The Morgan fingerprint density at radius 2 is 2.00 bits per heavy atom. The van der Waals surface area contributed by atoms with Gasteiger partial charge < -0.3 is 5.11 Å². The normalized spacial score (nSPS) is 10.8. The van der Waals surface area contributed by atoms with Gasteiger partial charge in [-0.25, -0.2) is 9.97 Å². The van der Waals surface area contributed by atoms with Gasteiger partial charge >= 0.3 is 0 Å². The Kier molecular flexibility index (Phi) is 1.86. The van der Waals surface area contributed by atoms with Gasteiger partial charge in [0.15, 0.2) is 0 Å². The van der Waals surface area contributed by atoms with Crippen LogP contribution in [-0.2, 0) is 0 Å². The minimum absolute atomic E-state index is 0.228. The second-order valence-corrected chi connectivity index (χ2v) is 3.47. The summed E-state index contributed by atoms with van der Waals surface area (Å²) in [4.78, 5) is 8.46. The zero-order valence-electron chi connectivity index (χ0n) is 8.41. The fraction of sp³-hybridized carbons (Fsp3) is 0. The summed E-state index contributed by atoms with van der Waals surface area (Å²) in [5, 5.41) is 9.72. The Balaban J connectivity index is 2.23. The summed E-state index contributed by atoms with van der Waals surface area (Å²) in [6, 6.07) is 8.96. The summed E-state index contributed by atoms with van der Waals surface area (Å²) in [6.45, 7) is 0. The number of hydrogen-bond donors (Lipinski definition) is 1. The molecule has 16 heavy (non-hydrogen) atoms. The number of benzene rings is 1. The van der Waals surface area contributed by atoms with Crippen molar-refractivity contribution < 1.29 is 5.11 Å². The third-order valence-corrected chi connectivity index (χ3v) is 2.42. The molecule has 4 nitrogen and oxygen atoms in total. The highest BCUT2D eigenvalue weighted by Gasteiger charge is 2.07. The molecule has 3 rings (SSSR count). The predicted octanol–water partition coefficient (Wildman–Crippen LogP) is 2.10. The fourth-order valence-electron chi connectivity index (χ4n) is 1.65. The van der Waals surface area contributed by atoms with Crippen LogP contribution in [0.15, 0.2) is 48.9 Å². The first-order chi connectivity index (χ1) is 7.84. The molecule has 0 saturated heterocycles. The van der Waals surface area contributed by atoms with Gasteiger partial charge in [0.25, 0.3) is 0 Å². The minimum atomic E-state index is 0.228. The van der Waals surface area contributed by atoms with Gasteiger partial charge in [0, 0.05) is 24.2 Å². The smallest absolute Gasteiger partial charge is 0.234 e. The molecular formula is C12H9N3O. The molecule has 0 amide bonds. The van der Waals surface area contributed by atoms with Crippen molar-refractivity contribution in [1.29, 1.82) is 0 Å². The van der Waals surface area contributed by atoms with Crippen molar-refractivity contribution in [3.8, 4) is 17.0 Å². The largest absolute Gasteiger partial charge is 0.507 e. The lowest BCUT2D eigenvalue weighted by molar-refractivity contribution is 0.477. The highest BCUT2D eigenvalue weighted by Crippen LogP contribution is 2.27. The molecule has 0 bridgehead atoms. The van der Waals surface area contributed by atoms with E-state index in [2.05, 4.69) is 9.97 Å². The molecule has 78 valence electrons. The summed E-state index contributed by atoms with van der Waals surface area (Å²) in [7, 11) is 0. The molecule has 0 atom stereocenters. The van der Waals surface area contributed by atoms with Gasteiger partial charge in [-0.1, -0.05) is 12.1 Å². The SMILES string of the molecule is Oc1ccccc1-c1cn2cccnc2n1. The molecule has 0 spiro atoms. The average Bonchev–Trinajstić information content (AvgIpc) is 2.73. The van der Waals surface area contributed by atoms with Crippen LogP contribution in [0.1, 0.15) is 0 Å². The number of hydrogen-bond acceptors (Lipinski definition) is 3. The van der Waals surface area contributed by atoms with Crippen LogP contribution in [0.4, 0.5) is 0 Å². The van der Waals surface area contributed by atoms with Crippen LogP contribution in [0.3, 0.4) is 0 Å². The van der Waals surface area contributed by atoms with Crippen LogP contribution in [0, 0.1) is 0 Å². The molecule has 0 aliphatic rings. The van der Waals surface area contributed by atoms with Crippen molar-refractivity contribution in [3.63, 3.8) is 0 Å². The van der Waals surface area contributed by atoms with Crippen molar-refractivity contribution in [2.45, 2.75) is 0 Å². The quantitative estimate of drug-likeness (QED) is 0.670. The maximum Gasteiger partial charge on any atom is 0.234 e. The Morgan fingerprint density at radius 1 is 1.12 bits per heavy atom. The van der Waals surface area contributed by atoms with E-state index in [4.69, 9.17) is 0 Å². The number of nitrogens with zero attached hydrogens (tertiary/aromatic N) is 3. The summed E-state index contributed by atoms with van der Waals surface area (Å²) >= 11 is 0. The van der Waals surface area contributed by atoms with Gasteiger partial charge in [0.2, 0.25) is 5.78 Å². The van der Waals surface area contributed by atoms with Gasteiger partial charge in [-0.05, 0) is 18.2 Å². The van der Waals surface area contributed by atoms with Crippen molar-refractivity contribution >= 4 is 5.78 Å². The fourth-order valence-corrected chi connectivity index (χ4v) is 1.65. The maximum absolute atomic E-state index is 9.72. The Morgan fingerprint density at radius 3 is 2.81 bits per heavy atom. The monoisotopic (exact) mass is 211 g/mol. The van der Waals surface area contributed by atoms with Crippen molar-refractivity contribution in [2.24, 2.45) is 0 Å². The van der Waals surface area contributed by atoms with E-state index in [1.54, 1.807) is 18.3 Å². The number of para-hydroxylation sites is 1. The third kappa shape index (κ3) is 1.32. The average molecular weight is 211 g/mol. The Labute approximate surface area is 91.8 Å². The molecule has 0 unspecified atom stereocenters. The van der Waals surface area contributed by atoms with Crippen molar-refractivity contribution in [2.75, 3.05) is 0 Å². The summed E-state index contributed by atoms with van der Waals surface area (Å²) in [5.41, 5.74) is 1.44. The van der Waals surface area contributed by atoms with Crippen LogP contribution in [-0.4, -0.2) is 19.5 Å². The van der Waals surface area contributed by atoms with Gasteiger partial charge in [-0.15, -0.1) is 0 Å². The van der Waals surface area contributed by atoms with E-state index in [1.807, 2.05) is 35.0 Å². The Hall–Kier alpha value is -2.36. The van der Waals surface area contributed by atoms with Crippen LogP contribution in [0.5, 0.6) is 5.75 Å². The maximum atomic E-state index is 9.72. The van der Waals surface area contributed by atoms with Gasteiger partial charge in [-0.2, -0.15) is 0 Å². The van der Waals surface area contributed by atoms with E-state index in [0.717, 1.165) is 5.69 Å². The van der Waals surface area contributed by atoms with E-state index >= 15 is 0 Å². The van der Waals surface area contributed by atoms with Crippen LogP contribution >= 0.6 is 0 Å². The molecule has 1 N–H and O–H groups in total. The number of rotatable bonds is 1. The first kappa shape index (κ1) is 8.91. The van der Waals surface area contributed by atoms with Crippen LogP contribution in [0.2, 0.25) is 0 Å². The standard InChI is InChI=1S/C12H9N3O/c16-11-5-2-1-4-9(11)10-8-15-7-3-6-13-12(15)14-10/h1-8,16H. The second-order valence-electron chi connectivity index (χ2n) is 3.47. The van der Waals surface area contributed by atoms with Crippen LogP contribution in [0.25, 0.3) is 17.0 Å². The molecular weight excluding hydrogens is 202 g/mol. The predicted molar refractivity (Wildman–Crippen MR) is 60.1 cm³/mol. The molecule has 3 aromatic rings. The molecule has 0 saturated carbocycles. The first-order valence-corrected chi connectivity index (χ1v) is 4.93. The summed E-state index contributed by atoms with van der Waals surface area (Å²) in [5.74, 6) is 0.853. The third-order valence-electron chi connectivity index (χ3n) is 2.42. The number of fused-ring (bicyclic) bond motifs is 1. The molecule has 0 aliphatic heterocycles. The van der Waals surface area contributed by atoms with E-state index < -0.39 is 0 Å². The molecule has 0 fully saturated rings. The number of phenolic OH excluding ortho intramolecular Hbond substituents is 1. The minimum Gasteiger partial charge on any atom is -0.507 e. The molecule has 1 aromatic carbocycles. The van der Waals surface area contributed by atoms with Gasteiger partial charge in [0.05, 0.1) is 5.69 Å². The number of aromatic nitrogens is 3. The molecule has 0 aliphatic carbocycles. The van der Waals surface area contributed by atoms with E-state index in [-0.39, 0.29) is 5.75 Å². The lowest BCUT2D eigenvalue weighted by Crippen LogP contribution is -1.82. The van der Waals surface area contributed by atoms with Gasteiger partial charge in [-0.3, -0.25) is 4.40 Å². The topological polar surface area (TPSA) is 50.4 Å². The van der Waals surface area contributed by atoms with Crippen molar-refractivity contribution in [1.82, 2.24) is 14.4 Å². The second kappa shape index (κ2) is 3.34. The van der Waals surface area contributed by atoms with E-state index in [0.29, 0.717) is 11.3 Å². The lowest BCUT2D eigenvalue weighted by atomic mass is 10.1. The van der Waals surface area contributed by atoms with Crippen molar-refractivity contribution in [3.05, 3.63) is 48.9 Å². The highest BCUT2D eigenvalue weighted by atomic mass is 16.3. The van der Waals surface area contributed by atoms with Crippen LogP contribution < -0.4 is 0 Å². The number of imidazole rings is 1. The van der Waals surface area contributed by atoms with Gasteiger partial charge in [0.1, 0.15) is 5.75 Å².